The maximum absolute atomic E-state index is 10.9. The van der Waals surface area contributed by atoms with Crippen molar-refractivity contribution in [3.63, 3.8) is 0 Å². The van der Waals surface area contributed by atoms with Gasteiger partial charge in [0.1, 0.15) is 24.4 Å². The number of rotatable bonds is 4. The molecule has 0 bridgehead atoms. The van der Waals surface area contributed by atoms with Gasteiger partial charge in [0, 0.05) is 6.42 Å². The van der Waals surface area contributed by atoms with Crippen molar-refractivity contribution in [3.8, 4) is 0 Å². The molecule has 8 nitrogen and oxygen atoms in total. The second kappa shape index (κ2) is 5.70. The molecule has 6 N–H and O–H groups in total. The van der Waals surface area contributed by atoms with Gasteiger partial charge in [-0.1, -0.05) is 0 Å². The van der Waals surface area contributed by atoms with Gasteiger partial charge in [-0.25, -0.2) is 4.79 Å². The average molecular weight is 284 g/mol. The Morgan fingerprint density at radius 1 is 1.44 bits per heavy atom. The maximum Gasteiger partial charge on any atom is 0.346 e. The van der Waals surface area contributed by atoms with Crippen molar-refractivity contribution in [1.29, 1.82) is 0 Å². The molecular weight excluding hydrogens is 268 g/mol. The van der Waals surface area contributed by atoms with Crippen molar-refractivity contribution in [2.45, 2.75) is 41.9 Å². The summed E-state index contributed by atoms with van der Waals surface area (Å²) in [6.45, 7) is -0.809. The van der Waals surface area contributed by atoms with Crippen LogP contribution in [0.2, 0.25) is 0 Å². The van der Waals surface area contributed by atoms with Crippen LogP contribution in [0, 0.1) is 0 Å². The number of carbonyl (C=O) groups is 1. The molecule has 106 valence electrons. The van der Waals surface area contributed by atoms with E-state index in [-0.39, 0.29) is 0 Å². The topological polar surface area (TPSA) is 148 Å². The molecule has 0 aromatic carbocycles. The SMILES string of the molecule is O=C(O)[C@@]1(S)CC(O)[C@@H](O)C([C@H](O)C(O)CO)O1. The molecule has 9 heteroatoms. The molecule has 0 spiro atoms. The van der Waals surface area contributed by atoms with Crippen LogP contribution in [0.5, 0.6) is 0 Å². The normalized spacial score (nSPS) is 40.2. The minimum Gasteiger partial charge on any atom is -0.478 e. The number of ether oxygens (including phenoxy) is 1. The maximum atomic E-state index is 10.9. The third-order valence-electron chi connectivity index (χ3n) is 2.80. The highest BCUT2D eigenvalue weighted by Crippen LogP contribution is 2.34. The molecule has 0 radical (unpaired) electrons. The summed E-state index contributed by atoms with van der Waals surface area (Å²) in [7, 11) is 0. The first-order valence-electron chi connectivity index (χ1n) is 5.19. The number of aliphatic carboxylic acids is 1. The van der Waals surface area contributed by atoms with E-state index in [0.717, 1.165) is 0 Å². The van der Waals surface area contributed by atoms with Gasteiger partial charge in [-0.3, -0.25) is 0 Å². The van der Waals surface area contributed by atoms with Gasteiger partial charge < -0.3 is 35.4 Å². The van der Waals surface area contributed by atoms with E-state index >= 15 is 0 Å². The lowest BCUT2D eigenvalue weighted by Gasteiger charge is -2.42. The lowest BCUT2D eigenvalue weighted by molar-refractivity contribution is -0.230. The van der Waals surface area contributed by atoms with Gasteiger partial charge in [-0.15, -0.1) is 12.6 Å². The third-order valence-corrected chi connectivity index (χ3v) is 3.28. The zero-order valence-corrected chi connectivity index (χ0v) is 10.1. The predicted octanol–water partition coefficient (Wildman–Crippen LogP) is -3.08. The fraction of sp³-hybridized carbons (Fsp3) is 0.889. The molecule has 0 aromatic rings. The largest absolute Gasteiger partial charge is 0.478 e. The highest BCUT2D eigenvalue weighted by molar-refractivity contribution is 7.82. The van der Waals surface area contributed by atoms with Gasteiger partial charge in [-0.2, -0.15) is 0 Å². The second-order valence-corrected chi connectivity index (χ2v) is 4.90. The first-order chi connectivity index (χ1) is 8.23. The van der Waals surface area contributed by atoms with Crippen molar-refractivity contribution in [2.24, 2.45) is 0 Å². The molecule has 6 atom stereocenters. The fourth-order valence-electron chi connectivity index (χ4n) is 1.70. The van der Waals surface area contributed by atoms with Gasteiger partial charge in [0.15, 0.2) is 0 Å². The molecule has 0 amide bonds. The van der Waals surface area contributed by atoms with Crippen LogP contribution in [-0.2, 0) is 9.53 Å². The van der Waals surface area contributed by atoms with Crippen molar-refractivity contribution in [3.05, 3.63) is 0 Å². The van der Waals surface area contributed by atoms with Gasteiger partial charge in [0.25, 0.3) is 0 Å². The smallest absolute Gasteiger partial charge is 0.346 e. The Morgan fingerprint density at radius 3 is 2.44 bits per heavy atom. The molecule has 1 aliphatic heterocycles. The minimum absolute atomic E-state index is 0.481. The molecule has 1 rings (SSSR count). The number of aliphatic hydroxyl groups is 5. The summed E-state index contributed by atoms with van der Waals surface area (Å²) in [5.74, 6) is -1.49. The first-order valence-corrected chi connectivity index (χ1v) is 5.64. The predicted molar refractivity (Wildman–Crippen MR) is 60.0 cm³/mol. The van der Waals surface area contributed by atoms with Gasteiger partial charge in [-0.05, 0) is 0 Å². The van der Waals surface area contributed by atoms with Crippen molar-refractivity contribution in [1.82, 2.24) is 0 Å². The Balaban J connectivity index is 2.92. The van der Waals surface area contributed by atoms with E-state index < -0.39 is 54.4 Å². The number of aliphatic hydroxyl groups excluding tert-OH is 5. The number of carboxylic acids is 1. The second-order valence-electron chi connectivity index (χ2n) is 4.17. The molecule has 1 aliphatic rings. The Morgan fingerprint density at radius 2 is 2.00 bits per heavy atom. The van der Waals surface area contributed by atoms with Crippen molar-refractivity contribution in [2.75, 3.05) is 6.61 Å². The van der Waals surface area contributed by atoms with E-state index in [1.807, 2.05) is 0 Å². The summed E-state index contributed by atoms with van der Waals surface area (Å²) in [4.78, 5) is 8.86. The van der Waals surface area contributed by atoms with Gasteiger partial charge >= 0.3 is 5.97 Å². The average Bonchev–Trinajstić information content (AvgIpc) is 2.31. The van der Waals surface area contributed by atoms with Crippen LogP contribution >= 0.6 is 12.6 Å². The van der Waals surface area contributed by atoms with Gasteiger partial charge in [0.05, 0.1) is 12.7 Å². The van der Waals surface area contributed by atoms with E-state index in [1.54, 1.807) is 0 Å². The van der Waals surface area contributed by atoms with Crippen LogP contribution in [0.15, 0.2) is 0 Å². The number of thiol groups is 1. The van der Waals surface area contributed by atoms with E-state index in [4.69, 9.17) is 14.9 Å². The van der Waals surface area contributed by atoms with Crippen LogP contribution in [0.25, 0.3) is 0 Å². The van der Waals surface area contributed by atoms with Gasteiger partial charge in [0.2, 0.25) is 4.93 Å². The Labute approximate surface area is 108 Å². The summed E-state index contributed by atoms with van der Waals surface area (Å²) in [5.41, 5.74) is 0. The molecule has 18 heavy (non-hydrogen) atoms. The lowest BCUT2D eigenvalue weighted by Crippen LogP contribution is -2.61. The number of hydrogen-bond acceptors (Lipinski definition) is 8. The molecule has 3 unspecified atom stereocenters. The van der Waals surface area contributed by atoms with E-state index in [2.05, 4.69) is 12.6 Å². The quantitative estimate of drug-likeness (QED) is 0.269. The third kappa shape index (κ3) is 2.94. The highest BCUT2D eigenvalue weighted by Gasteiger charge is 2.52. The van der Waals surface area contributed by atoms with Crippen molar-refractivity contribution < 1.29 is 40.2 Å². The molecule has 0 aromatic heterocycles. The molecule has 1 saturated heterocycles. The lowest BCUT2D eigenvalue weighted by atomic mass is 9.92. The van der Waals surface area contributed by atoms with E-state index in [9.17, 15) is 25.2 Å². The summed E-state index contributed by atoms with van der Waals surface area (Å²) >= 11 is 3.75. The summed E-state index contributed by atoms with van der Waals surface area (Å²) in [5, 5.41) is 55.6. The number of carboxylic acid groups (broad SMARTS) is 1. The molecule has 0 saturated carbocycles. The molecule has 0 aliphatic carbocycles. The molecule has 1 heterocycles. The molecular formula is C9H16O8S. The highest BCUT2D eigenvalue weighted by atomic mass is 32.1. The monoisotopic (exact) mass is 284 g/mol. The minimum atomic E-state index is -2.08. The van der Waals surface area contributed by atoms with Crippen LogP contribution in [0.3, 0.4) is 0 Å². The van der Waals surface area contributed by atoms with E-state index in [1.165, 1.54) is 0 Å². The summed E-state index contributed by atoms with van der Waals surface area (Å²) < 4.78 is 4.94. The molecule has 1 fully saturated rings. The van der Waals surface area contributed by atoms with E-state index in [0.29, 0.717) is 0 Å². The van der Waals surface area contributed by atoms with Crippen LogP contribution in [0.4, 0.5) is 0 Å². The summed E-state index contributed by atoms with van der Waals surface area (Å²) in [6.07, 6.45) is -8.54. The number of hydrogen-bond donors (Lipinski definition) is 7. The zero-order chi connectivity index (χ0) is 14.1. The Bertz CT molecular complexity index is 313. The van der Waals surface area contributed by atoms with Crippen LogP contribution < -0.4 is 0 Å². The fourth-order valence-corrected chi connectivity index (χ4v) is 2.01. The first kappa shape index (κ1) is 15.6. The van der Waals surface area contributed by atoms with Crippen molar-refractivity contribution >= 4 is 18.6 Å². The zero-order valence-electron chi connectivity index (χ0n) is 9.25. The van der Waals surface area contributed by atoms with Crippen LogP contribution in [-0.4, -0.2) is 78.7 Å². The summed E-state index contributed by atoms with van der Waals surface area (Å²) in [6, 6.07) is 0. The Hall–Kier alpha value is -0.420. The van der Waals surface area contributed by atoms with Crippen LogP contribution in [0.1, 0.15) is 6.42 Å². The Kier molecular flexibility index (Phi) is 4.95. The standard InChI is InChI=1S/C9H16O8S/c10-2-4(12)6(14)7-5(13)3(11)1-9(18,17-7)8(15)16/h3-7,10-14,18H,1-2H2,(H,15,16)/t3?,4?,5-,6-,7?,9+/m1/s1.